The summed E-state index contributed by atoms with van der Waals surface area (Å²) in [6.45, 7) is 14.5. The Kier molecular flexibility index (Phi) is 6.40. The van der Waals surface area contributed by atoms with Gasteiger partial charge in [-0.15, -0.1) is 0 Å². The van der Waals surface area contributed by atoms with Crippen LogP contribution in [0.1, 0.15) is 57.7 Å². The molecule has 1 aliphatic heterocycles. The van der Waals surface area contributed by atoms with Crippen molar-refractivity contribution in [3.8, 4) is 17.6 Å². The zero-order chi connectivity index (χ0) is 23.8. The van der Waals surface area contributed by atoms with Gasteiger partial charge < -0.3 is 19.3 Å². The van der Waals surface area contributed by atoms with E-state index in [0.29, 0.717) is 39.8 Å². The molecule has 1 aliphatic carbocycles. The fraction of sp³-hybridized carbons (Fsp3) is 0.480. The molecule has 0 aromatic carbocycles. The van der Waals surface area contributed by atoms with E-state index in [-0.39, 0.29) is 11.6 Å². The highest BCUT2D eigenvalue weighted by molar-refractivity contribution is 6.29. The topological polar surface area (TPSA) is 74.5 Å². The maximum atomic E-state index is 9.91. The summed E-state index contributed by atoms with van der Waals surface area (Å²) in [7, 11) is 0. The van der Waals surface area contributed by atoms with Crippen LogP contribution in [-0.2, 0) is 4.74 Å². The van der Waals surface area contributed by atoms with Crippen LogP contribution in [0, 0.1) is 11.3 Å². The molecule has 1 unspecified atom stereocenters. The second-order valence-corrected chi connectivity index (χ2v) is 10.0. The number of hydrogen-bond donors (Lipinski definition) is 0. The van der Waals surface area contributed by atoms with Crippen molar-refractivity contribution in [2.45, 2.75) is 58.1 Å². The zero-order valence-electron chi connectivity index (χ0n) is 19.6. The van der Waals surface area contributed by atoms with Gasteiger partial charge in [0.15, 0.2) is 11.6 Å². The second-order valence-electron chi connectivity index (χ2n) is 9.64. The Morgan fingerprint density at radius 1 is 1.27 bits per heavy atom. The summed E-state index contributed by atoms with van der Waals surface area (Å²) in [5.74, 6) is 2.94. The molecule has 7 nitrogen and oxygen atoms in total. The van der Waals surface area contributed by atoms with E-state index in [0.717, 1.165) is 38.2 Å². The third kappa shape index (κ3) is 5.51. The van der Waals surface area contributed by atoms with E-state index < -0.39 is 0 Å². The number of nitrogens with zero attached hydrogens (tertiary/aromatic N) is 5. The Bertz CT molecular complexity index is 1090. The molecular formula is C25H30ClN5O2. The smallest absolute Gasteiger partial charge is 0.182 e. The van der Waals surface area contributed by atoms with Crippen LogP contribution < -0.4 is 9.64 Å². The minimum Gasteiger partial charge on any atom is -0.474 e. The number of piperazine rings is 1. The third-order valence-electron chi connectivity index (χ3n) is 5.68. The van der Waals surface area contributed by atoms with Crippen LogP contribution in [0.4, 0.5) is 5.82 Å². The molecule has 4 rings (SSSR count). The first kappa shape index (κ1) is 23.2. The molecule has 2 aromatic heterocycles. The molecule has 174 valence electrons. The molecule has 2 fully saturated rings. The lowest BCUT2D eigenvalue weighted by molar-refractivity contribution is -0.00918. The monoisotopic (exact) mass is 467 g/mol. The van der Waals surface area contributed by atoms with Gasteiger partial charge in [-0.1, -0.05) is 11.6 Å². The molecule has 2 aliphatic rings. The zero-order valence-corrected chi connectivity index (χ0v) is 20.4. The first-order chi connectivity index (χ1) is 15.6. The lowest BCUT2D eigenvalue weighted by atomic mass is 10.1. The molecule has 8 heteroatoms. The van der Waals surface area contributed by atoms with Crippen molar-refractivity contribution in [1.82, 2.24) is 14.9 Å². The van der Waals surface area contributed by atoms with Crippen LogP contribution in [0.2, 0.25) is 5.15 Å². The van der Waals surface area contributed by atoms with Gasteiger partial charge in [0.05, 0.1) is 11.3 Å². The molecule has 1 saturated heterocycles. The number of halogens is 1. The SMILES string of the molecule is C=C(OC(C)(C)C)N1CCN(c2nc(C3CC3)c(Oc3ccnc(Cl)c3)cc2C#N)CC1C. The fourth-order valence-electron chi connectivity index (χ4n) is 4.06. The molecule has 0 radical (unpaired) electrons. The number of anilines is 1. The predicted octanol–water partition coefficient (Wildman–Crippen LogP) is 5.47. The van der Waals surface area contributed by atoms with Gasteiger partial charge in [-0.25, -0.2) is 9.97 Å². The van der Waals surface area contributed by atoms with Gasteiger partial charge in [0, 0.05) is 49.9 Å². The highest BCUT2D eigenvalue weighted by Crippen LogP contribution is 2.46. The summed E-state index contributed by atoms with van der Waals surface area (Å²) in [5.41, 5.74) is 1.10. The quantitative estimate of drug-likeness (QED) is 0.412. The molecule has 0 spiro atoms. The Balaban J connectivity index is 1.58. The molecule has 1 atom stereocenters. The standard InChI is InChI=1S/C25H30ClN5O2/c1-16-15-30(10-11-31(16)17(2)33-25(3,4)5)24-19(14-27)12-21(23(29-24)18-6-7-18)32-20-8-9-28-22(26)13-20/h8-9,12-13,16,18H,2,6-7,10-11,15H2,1,3-5H3. The van der Waals surface area contributed by atoms with Crippen molar-refractivity contribution < 1.29 is 9.47 Å². The van der Waals surface area contributed by atoms with Crippen LogP contribution in [0.25, 0.3) is 0 Å². The Labute approximate surface area is 200 Å². The largest absolute Gasteiger partial charge is 0.474 e. The highest BCUT2D eigenvalue weighted by Gasteiger charge is 2.33. The fourth-order valence-corrected chi connectivity index (χ4v) is 4.22. The van der Waals surface area contributed by atoms with Crippen LogP contribution in [0.15, 0.2) is 36.9 Å². The van der Waals surface area contributed by atoms with E-state index in [9.17, 15) is 5.26 Å². The summed E-state index contributed by atoms with van der Waals surface area (Å²) in [4.78, 5) is 13.3. The van der Waals surface area contributed by atoms with Gasteiger partial charge in [-0.3, -0.25) is 0 Å². The summed E-state index contributed by atoms with van der Waals surface area (Å²) >= 11 is 6.01. The van der Waals surface area contributed by atoms with Crippen molar-refractivity contribution in [3.63, 3.8) is 0 Å². The van der Waals surface area contributed by atoms with Crippen molar-refractivity contribution >= 4 is 17.4 Å². The van der Waals surface area contributed by atoms with Gasteiger partial charge in [0.25, 0.3) is 0 Å². The Morgan fingerprint density at radius 2 is 2.03 bits per heavy atom. The lowest BCUT2D eigenvalue weighted by Gasteiger charge is -2.43. The molecule has 3 heterocycles. The number of pyridine rings is 2. The molecule has 2 aromatic rings. The summed E-state index contributed by atoms with van der Waals surface area (Å²) in [6.07, 6.45) is 3.74. The summed E-state index contributed by atoms with van der Waals surface area (Å²) < 4.78 is 12.1. The normalized spacial score (nSPS) is 18.6. The van der Waals surface area contributed by atoms with Gasteiger partial charge in [-0.05, 0) is 53.2 Å². The first-order valence-electron chi connectivity index (χ1n) is 11.3. The lowest BCUT2D eigenvalue weighted by Crippen LogP contribution is -2.52. The van der Waals surface area contributed by atoms with Crippen molar-refractivity contribution in [1.29, 1.82) is 5.26 Å². The molecule has 0 amide bonds. The Morgan fingerprint density at radius 3 is 2.64 bits per heavy atom. The molecule has 33 heavy (non-hydrogen) atoms. The first-order valence-corrected chi connectivity index (χ1v) is 11.7. The van der Waals surface area contributed by atoms with E-state index in [2.05, 4.69) is 34.4 Å². The van der Waals surface area contributed by atoms with E-state index in [1.165, 1.54) is 0 Å². The van der Waals surface area contributed by atoms with E-state index in [1.54, 1.807) is 18.3 Å². The summed E-state index contributed by atoms with van der Waals surface area (Å²) in [5, 5.41) is 10.3. The van der Waals surface area contributed by atoms with Crippen molar-refractivity contribution in [3.05, 3.63) is 53.3 Å². The van der Waals surface area contributed by atoms with Crippen molar-refractivity contribution in [2.75, 3.05) is 24.5 Å². The average molecular weight is 468 g/mol. The number of nitriles is 1. The minimum atomic E-state index is -0.294. The summed E-state index contributed by atoms with van der Waals surface area (Å²) in [6, 6.07) is 7.70. The maximum Gasteiger partial charge on any atom is 0.182 e. The predicted molar refractivity (Wildman–Crippen MR) is 129 cm³/mol. The van der Waals surface area contributed by atoms with Crippen LogP contribution >= 0.6 is 11.6 Å². The Hall–Kier alpha value is -2.98. The number of rotatable bonds is 6. The van der Waals surface area contributed by atoms with Gasteiger partial charge in [0.2, 0.25) is 0 Å². The van der Waals surface area contributed by atoms with Gasteiger partial charge >= 0.3 is 0 Å². The number of ether oxygens (including phenoxy) is 2. The van der Waals surface area contributed by atoms with Crippen LogP contribution in [0.5, 0.6) is 11.5 Å². The molecule has 1 saturated carbocycles. The molecule has 0 N–H and O–H groups in total. The minimum absolute atomic E-state index is 0.168. The number of aromatic nitrogens is 2. The van der Waals surface area contributed by atoms with Crippen LogP contribution in [0.3, 0.4) is 0 Å². The van der Waals surface area contributed by atoms with Crippen molar-refractivity contribution in [2.24, 2.45) is 0 Å². The van der Waals surface area contributed by atoms with E-state index >= 15 is 0 Å². The third-order valence-corrected chi connectivity index (χ3v) is 5.88. The molecule has 0 bridgehead atoms. The highest BCUT2D eigenvalue weighted by atomic mass is 35.5. The maximum absolute atomic E-state index is 9.91. The van der Waals surface area contributed by atoms with E-state index in [1.807, 2.05) is 26.8 Å². The van der Waals surface area contributed by atoms with Crippen LogP contribution in [-0.4, -0.2) is 46.1 Å². The van der Waals surface area contributed by atoms with Gasteiger partial charge in [0.1, 0.15) is 28.4 Å². The molecular weight excluding hydrogens is 438 g/mol. The average Bonchev–Trinajstić information content (AvgIpc) is 3.57. The second kappa shape index (κ2) is 9.11. The number of hydrogen-bond acceptors (Lipinski definition) is 7. The van der Waals surface area contributed by atoms with Gasteiger partial charge in [-0.2, -0.15) is 5.26 Å². The van der Waals surface area contributed by atoms with E-state index in [4.69, 9.17) is 26.1 Å².